The molecule has 0 saturated heterocycles. The molecule has 4 rings (SSSR count). The maximum atomic E-state index is 4.79. The lowest BCUT2D eigenvalue weighted by Gasteiger charge is -2.10. The molecular weight excluding hydrogens is 342 g/mol. The minimum atomic E-state index is 0.222. The largest absolute Gasteiger partial charge is 0.265 e. The highest BCUT2D eigenvalue weighted by atomic mass is 32.1. The third kappa shape index (κ3) is 3.24. The monoisotopic (exact) mass is 363 g/mol. The van der Waals surface area contributed by atoms with Crippen molar-refractivity contribution in [1.29, 1.82) is 0 Å². The zero-order chi connectivity index (χ0) is 18.1. The molecule has 0 aliphatic carbocycles. The van der Waals surface area contributed by atoms with Crippen LogP contribution in [-0.2, 0) is 6.42 Å². The van der Waals surface area contributed by atoms with Gasteiger partial charge in [-0.05, 0) is 35.6 Å². The van der Waals surface area contributed by atoms with Crippen LogP contribution < -0.4 is 0 Å². The molecule has 0 N–H and O–H groups in total. The van der Waals surface area contributed by atoms with Crippen molar-refractivity contribution in [1.82, 2.24) is 24.8 Å². The highest BCUT2D eigenvalue weighted by Gasteiger charge is 2.18. The summed E-state index contributed by atoms with van der Waals surface area (Å²) in [4.78, 5) is 4.87. The van der Waals surface area contributed by atoms with Gasteiger partial charge in [0.25, 0.3) is 0 Å². The molecule has 3 aromatic heterocycles. The van der Waals surface area contributed by atoms with Crippen LogP contribution in [0.5, 0.6) is 0 Å². The Morgan fingerprint density at radius 1 is 0.962 bits per heavy atom. The Hall–Kier alpha value is -2.60. The average molecular weight is 363 g/mol. The predicted molar refractivity (Wildman–Crippen MR) is 104 cm³/mol. The van der Waals surface area contributed by atoms with E-state index in [4.69, 9.17) is 5.10 Å². The summed E-state index contributed by atoms with van der Waals surface area (Å²) in [7, 11) is 0. The number of pyridine rings is 1. The fourth-order valence-corrected chi connectivity index (χ4v) is 3.96. The van der Waals surface area contributed by atoms with Gasteiger partial charge in [0.15, 0.2) is 5.82 Å². The Bertz CT molecular complexity index is 1000. The number of hydrogen-bond acceptors (Lipinski definition) is 5. The van der Waals surface area contributed by atoms with E-state index in [1.165, 1.54) is 11.1 Å². The van der Waals surface area contributed by atoms with E-state index in [-0.39, 0.29) is 5.92 Å². The van der Waals surface area contributed by atoms with Crippen molar-refractivity contribution in [3.05, 3.63) is 64.9 Å². The molecule has 0 amide bonds. The van der Waals surface area contributed by atoms with Crippen molar-refractivity contribution >= 4 is 16.3 Å². The quantitative estimate of drug-likeness (QED) is 0.520. The Labute approximate surface area is 156 Å². The summed E-state index contributed by atoms with van der Waals surface area (Å²) in [6.45, 7) is 6.68. The van der Waals surface area contributed by atoms with Gasteiger partial charge in [-0.3, -0.25) is 4.98 Å². The standard InChI is InChI=1S/C20H21N5S/c1-13(2)12-15-4-6-16(7-5-15)14(3)19-24-25-18(22-23-20(25)26-19)17-8-10-21-11-9-17/h4-11,13-14H,12H2,1-3H3/t14-/m1/s1. The molecule has 0 fully saturated rings. The summed E-state index contributed by atoms with van der Waals surface area (Å²) < 4.78 is 1.83. The Balaban J connectivity index is 1.63. The van der Waals surface area contributed by atoms with E-state index >= 15 is 0 Å². The molecule has 4 aromatic rings. The molecule has 0 aliphatic rings. The van der Waals surface area contributed by atoms with Gasteiger partial charge in [-0.2, -0.15) is 9.61 Å². The molecule has 26 heavy (non-hydrogen) atoms. The van der Waals surface area contributed by atoms with Crippen molar-refractivity contribution in [2.75, 3.05) is 0 Å². The van der Waals surface area contributed by atoms with Gasteiger partial charge in [-0.1, -0.05) is 56.4 Å². The normalized spacial score (nSPS) is 12.8. The van der Waals surface area contributed by atoms with E-state index < -0.39 is 0 Å². The van der Waals surface area contributed by atoms with Crippen LogP contribution in [-0.4, -0.2) is 24.8 Å². The molecule has 1 atom stereocenters. The number of hydrogen-bond donors (Lipinski definition) is 0. The van der Waals surface area contributed by atoms with Crippen molar-refractivity contribution in [2.45, 2.75) is 33.1 Å². The summed E-state index contributed by atoms with van der Waals surface area (Å²) in [6.07, 6.45) is 4.62. The van der Waals surface area contributed by atoms with Crippen LogP contribution >= 0.6 is 11.3 Å². The maximum absolute atomic E-state index is 4.79. The molecule has 0 bridgehead atoms. The molecule has 5 nitrogen and oxygen atoms in total. The fraction of sp³-hybridized carbons (Fsp3) is 0.300. The first-order valence-electron chi connectivity index (χ1n) is 8.83. The molecule has 3 heterocycles. The number of benzene rings is 1. The lowest BCUT2D eigenvalue weighted by atomic mass is 9.97. The molecule has 0 saturated carbocycles. The van der Waals surface area contributed by atoms with Gasteiger partial charge < -0.3 is 0 Å². The summed E-state index contributed by atoms with van der Waals surface area (Å²) in [6, 6.07) is 12.7. The predicted octanol–water partition coefficient (Wildman–Crippen LogP) is 4.60. The second-order valence-electron chi connectivity index (χ2n) is 6.96. The van der Waals surface area contributed by atoms with E-state index in [9.17, 15) is 0 Å². The van der Waals surface area contributed by atoms with Gasteiger partial charge in [0.1, 0.15) is 5.01 Å². The maximum Gasteiger partial charge on any atom is 0.234 e. The lowest BCUT2D eigenvalue weighted by Crippen LogP contribution is -1.99. The molecular formula is C20H21N5S. The number of rotatable bonds is 5. The van der Waals surface area contributed by atoms with Crippen molar-refractivity contribution < 1.29 is 0 Å². The Morgan fingerprint density at radius 2 is 1.69 bits per heavy atom. The minimum Gasteiger partial charge on any atom is -0.265 e. The van der Waals surface area contributed by atoms with E-state index in [0.717, 1.165) is 27.8 Å². The highest BCUT2D eigenvalue weighted by Crippen LogP contribution is 2.30. The van der Waals surface area contributed by atoms with Crippen LogP contribution in [0.1, 0.15) is 42.8 Å². The smallest absolute Gasteiger partial charge is 0.234 e. The average Bonchev–Trinajstić information content (AvgIpc) is 3.22. The second kappa shape index (κ2) is 6.96. The number of nitrogens with zero attached hydrogens (tertiary/aromatic N) is 5. The van der Waals surface area contributed by atoms with Gasteiger partial charge in [0.05, 0.1) is 0 Å². The topological polar surface area (TPSA) is 56.0 Å². The molecule has 0 radical (unpaired) electrons. The molecule has 0 unspecified atom stereocenters. The van der Waals surface area contributed by atoms with Crippen molar-refractivity contribution in [3.63, 3.8) is 0 Å². The van der Waals surface area contributed by atoms with Crippen molar-refractivity contribution in [3.8, 4) is 11.4 Å². The zero-order valence-corrected chi connectivity index (χ0v) is 15.9. The lowest BCUT2D eigenvalue weighted by molar-refractivity contribution is 0.647. The Morgan fingerprint density at radius 3 is 2.38 bits per heavy atom. The molecule has 6 heteroatoms. The van der Waals surface area contributed by atoms with Crippen LogP contribution in [0.3, 0.4) is 0 Å². The first-order chi connectivity index (χ1) is 12.6. The van der Waals surface area contributed by atoms with Gasteiger partial charge >= 0.3 is 0 Å². The third-order valence-corrected chi connectivity index (χ3v) is 5.52. The summed E-state index contributed by atoms with van der Waals surface area (Å²) >= 11 is 1.59. The van der Waals surface area contributed by atoms with Crippen molar-refractivity contribution in [2.24, 2.45) is 5.92 Å². The summed E-state index contributed by atoms with van der Waals surface area (Å²) in [5, 5.41) is 14.4. The molecule has 1 aromatic carbocycles. The van der Waals surface area contributed by atoms with Crippen LogP contribution in [0.15, 0.2) is 48.8 Å². The van der Waals surface area contributed by atoms with Crippen LogP contribution in [0.4, 0.5) is 0 Å². The second-order valence-corrected chi connectivity index (χ2v) is 7.94. The van der Waals surface area contributed by atoms with Gasteiger partial charge in [0, 0.05) is 23.9 Å². The molecule has 132 valence electrons. The number of aromatic nitrogens is 5. The van der Waals surface area contributed by atoms with E-state index in [1.54, 1.807) is 23.7 Å². The fourth-order valence-electron chi connectivity index (χ4n) is 3.04. The van der Waals surface area contributed by atoms with Gasteiger partial charge in [-0.15, -0.1) is 10.2 Å². The van der Waals surface area contributed by atoms with Crippen LogP contribution in [0, 0.1) is 5.92 Å². The zero-order valence-electron chi connectivity index (χ0n) is 15.1. The first kappa shape index (κ1) is 16.8. The van der Waals surface area contributed by atoms with Gasteiger partial charge in [-0.25, -0.2) is 0 Å². The SMILES string of the molecule is CC(C)Cc1ccc([C@@H](C)c2nn3c(-c4ccncc4)nnc3s2)cc1. The highest BCUT2D eigenvalue weighted by molar-refractivity contribution is 7.16. The third-order valence-electron chi connectivity index (χ3n) is 4.44. The Kier molecular flexibility index (Phi) is 4.51. The summed E-state index contributed by atoms with van der Waals surface area (Å²) in [5.41, 5.74) is 3.62. The first-order valence-corrected chi connectivity index (χ1v) is 9.65. The minimum absolute atomic E-state index is 0.222. The molecule has 0 aliphatic heterocycles. The number of fused-ring (bicyclic) bond motifs is 1. The van der Waals surface area contributed by atoms with E-state index in [0.29, 0.717) is 5.92 Å². The van der Waals surface area contributed by atoms with Crippen LogP contribution in [0.25, 0.3) is 16.3 Å². The molecule has 0 spiro atoms. The van der Waals surface area contributed by atoms with E-state index in [2.05, 4.69) is 60.2 Å². The van der Waals surface area contributed by atoms with Gasteiger partial charge in [0.2, 0.25) is 4.96 Å². The van der Waals surface area contributed by atoms with Crippen LogP contribution in [0.2, 0.25) is 0 Å². The van der Waals surface area contributed by atoms with E-state index in [1.807, 2.05) is 16.6 Å². The summed E-state index contributed by atoms with van der Waals surface area (Å²) in [5.74, 6) is 1.65.